The molecule has 4 heteroatoms. The molecule has 0 bridgehead atoms. The standard InChI is InChI=1S/C11H16N4/c1-15-10(5-6-14-15)8-13-11-4-2-3-9(11)7-12/h5-6,9,11,13H,2-4,8H2,1H3. The van der Waals surface area contributed by atoms with E-state index < -0.39 is 0 Å². The molecule has 0 saturated heterocycles. The normalized spacial score (nSPS) is 25.3. The average Bonchev–Trinajstić information content (AvgIpc) is 2.83. The third kappa shape index (κ3) is 2.18. The Kier molecular flexibility index (Phi) is 3.02. The monoisotopic (exact) mass is 204 g/mol. The number of hydrogen-bond acceptors (Lipinski definition) is 3. The summed E-state index contributed by atoms with van der Waals surface area (Å²) in [5.74, 6) is 0.193. The molecule has 1 N–H and O–H groups in total. The predicted octanol–water partition coefficient (Wildman–Crippen LogP) is 1.20. The van der Waals surface area contributed by atoms with Crippen molar-refractivity contribution >= 4 is 0 Å². The minimum Gasteiger partial charge on any atom is -0.307 e. The zero-order valence-corrected chi connectivity index (χ0v) is 8.98. The van der Waals surface area contributed by atoms with E-state index in [1.165, 1.54) is 12.1 Å². The molecule has 0 radical (unpaired) electrons. The number of aryl methyl sites for hydroxylation is 1. The van der Waals surface area contributed by atoms with Crippen LogP contribution in [0.3, 0.4) is 0 Å². The third-order valence-corrected chi connectivity index (χ3v) is 3.15. The summed E-state index contributed by atoms with van der Waals surface area (Å²) in [4.78, 5) is 0. The zero-order chi connectivity index (χ0) is 10.7. The average molecular weight is 204 g/mol. The smallest absolute Gasteiger partial charge is 0.0672 e. The molecule has 80 valence electrons. The molecule has 1 aliphatic carbocycles. The van der Waals surface area contributed by atoms with E-state index in [0.717, 1.165) is 19.4 Å². The van der Waals surface area contributed by atoms with E-state index in [2.05, 4.69) is 16.5 Å². The second-order valence-electron chi connectivity index (χ2n) is 4.10. The molecule has 1 aromatic heterocycles. The Balaban J connectivity index is 1.89. The Morgan fingerprint density at radius 1 is 1.67 bits per heavy atom. The maximum Gasteiger partial charge on any atom is 0.0672 e. The van der Waals surface area contributed by atoms with Gasteiger partial charge in [0.25, 0.3) is 0 Å². The van der Waals surface area contributed by atoms with Crippen LogP contribution in [0.4, 0.5) is 0 Å². The van der Waals surface area contributed by atoms with Gasteiger partial charge in [0, 0.05) is 25.8 Å². The lowest BCUT2D eigenvalue weighted by molar-refractivity contribution is 0.455. The van der Waals surface area contributed by atoms with Gasteiger partial charge in [-0.15, -0.1) is 0 Å². The van der Waals surface area contributed by atoms with Crippen LogP contribution in [0.25, 0.3) is 0 Å². The van der Waals surface area contributed by atoms with Crippen molar-refractivity contribution in [3.8, 4) is 6.07 Å². The maximum absolute atomic E-state index is 8.94. The van der Waals surface area contributed by atoms with Crippen LogP contribution >= 0.6 is 0 Å². The number of nitrogens with one attached hydrogen (secondary N) is 1. The molecule has 0 spiro atoms. The fourth-order valence-corrected chi connectivity index (χ4v) is 2.17. The minimum absolute atomic E-state index is 0.193. The van der Waals surface area contributed by atoms with Gasteiger partial charge in [0.1, 0.15) is 0 Å². The second-order valence-corrected chi connectivity index (χ2v) is 4.10. The molecule has 2 unspecified atom stereocenters. The molecule has 15 heavy (non-hydrogen) atoms. The van der Waals surface area contributed by atoms with Crippen LogP contribution in [0.5, 0.6) is 0 Å². The summed E-state index contributed by atoms with van der Waals surface area (Å²) in [6.45, 7) is 0.805. The van der Waals surface area contributed by atoms with Crippen LogP contribution in [-0.2, 0) is 13.6 Å². The molecule has 0 amide bonds. The molecule has 0 aliphatic heterocycles. The highest BCUT2D eigenvalue weighted by molar-refractivity contribution is 5.02. The largest absolute Gasteiger partial charge is 0.307 e. The summed E-state index contributed by atoms with van der Waals surface area (Å²) in [6, 6.07) is 4.74. The summed E-state index contributed by atoms with van der Waals surface area (Å²) in [7, 11) is 1.94. The molecule has 2 atom stereocenters. The molecule has 1 heterocycles. The zero-order valence-electron chi connectivity index (χ0n) is 8.98. The Labute approximate surface area is 89.9 Å². The van der Waals surface area contributed by atoms with Gasteiger partial charge in [0.2, 0.25) is 0 Å². The predicted molar refractivity (Wildman–Crippen MR) is 56.8 cm³/mol. The molecule has 1 aliphatic rings. The van der Waals surface area contributed by atoms with Crippen LogP contribution in [0.2, 0.25) is 0 Å². The van der Waals surface area contributed by atoms with Gasteiger partial charge in [-0.05, 0) is 18.9 Å². The molecular weight excluding hydrogens is 188 g/mol. The first-order valence-corrected chi connectivity index (χ1v) is 5.41. The molecule has 4 nitrogen and oxygen atoms in total. The molecule has 1 fully saturated rings. The second kappa shape index (κ2) is 4.45. The number of hydrogen-bond donors (Lipinski definition) is 1. The highest BCUT2D eigenvalue weighted by atomic mass is 15.3. The van der Waals surface area contributed by atoms with Crippen molar-refractivity contribution < 1.29 is 0 Å². The van der Waals surface area contributed by atoms with Crippen molar-refractivity contribution in [2.45, 2.75) is 31.8 Å². The van der Waals surface area contributed by atoms with E-state index in [1.54, 1.807) is 6.20 Å². The first-order valence-electron chi connectivity index (χ1n) is 5.41. The van der Waals surface area contributed by atoms with Crippen LogP contribution in [0.15, 0.2) is 12.3 Å². The van der Waals surface area contributed by atoms with Crippen LogP contribution in [0.1, 0.15) is 25.0 Å². The van der Waals surface area contributed by atoms with E-state index >= 15 is 0 Å². The lowest BCUT2D eigenvalue weighted by atomic mass is 10.1. The summed E-state index contributed by atoms with van der Waals surface area (Å²) in [5.41, 5.74) is 1.17. The quantitative estimate of drug-likeness (QED) is 0.805. The fraction of sp³-hybridized carbons (Fsp3) is 0.636. The summed E-state index contributed by atoms with van der Waals surface area (Å²) >= 11 is 0. The highest BCUT2D eigenvalue weighted by Gasteiger charge is 2.26. The third-order valence-electron chi connectivity index (χ3n) is 3.15. The summed E-state index contributed by atoms with van der Waals surface area (Å²) < 4.78 is 1.86. The van der Waals surface area contributed by atoms with E-state index in [9.17, 15) is 0 Å². The van der Waals surface area contributed by atoms with Gasteiger partial charge in [-0.25, -0.2) is 0 Å². The number of aromatic nitrogens is 2. The van der Waals surface area contributed by atoms with Crippen molar-refractivity contribution in [3.05, 3.63) is 18.0 Å². The van der Waals surface area contributed by atoms with Gasteiger partial charge in [0.15, 0.2) is 0 Å². The Morgan fingerprint density at radius 2 is 2.53 bits per heavy atom. The lowest BCUT2D eigenvalue weighted by Crippen LogP contribution is -2.31. The van der Waals surface area contributed by atoms with Crippen molar-refractivity contribution in [2.75, 3.05) is 0 Å². The van der Waals surface area contributed by atoms with Crippen molar-refractivity contribution in [1.29, 1.82) is 5.26 Å². The van der Waals surface area contributed by atoms with Gasteiger partial charge in [0.05, 0.1) is 17.7 Å². The summed E-state index contributed by atoms with van der Waals surface area (Å²) in [5, 5.41) is 16.5. The summed E-state index contributed by atoms with van der Waals surface area (Å²) in [6.07, 6.45) is 5.13. The van der Waals surface area contributed by atoms with Crippen molar-refractivity contribution in [1.82, 2.24) is 15.1 Å². The van der Waals surface area contributed by atoms with Gasteiger partial charge in [-0.3, -0.25) is 4.68 Å². The number of nitrogens with zero attached hydrogens (tertiary/aromatic N) is 3. The first-order chi connectivity index (χ1) is 7.31. The Morgan fingerprint density at radius 3 is 3.20 bits per heavy atom. The van der Waals surface area contributed by atoms with E-state index in [-0.39, 0.29) is 5.92 Å². The minimum atomic E-state index is 0.193. The van der Waals surface area contributed by atoms with Crippen LogP contribution in [-0.4, -0.2) is 15.8 Å². The van der Waals surface area contributed by atoms with Crippen molar-refractivity contribution in [3.63, 3.8) is 0 Å². The Hall–Kier alpha value is -1.34. The van der Waals surface area contributed by atoms with Crippen molar-refractivity contribution in [2.24, 2.45) is 13.0 Å². The number of rotatable bonds is 3. The SMILES string of the molecule is Cn1nccc1CNC1CCCC1C#N. The van der Waals surface area contributed by atoms with Crippen LogP contribution < -0.4 is 5.32 Å². The maximum atomic E-state index is 8.94. The lowest BCUT2D eigenvalue weighted by Gasteiger charge is -2.15. The highest BCUT2D eigenvalue weighted by Crippen LogP contribution is 2.24. The van der Waals surface area contributed by atoms with Crippen LogP contribution in [0, 0.1) is 17.2 Å². The number of nitriles is 1. The van der Waals surface area contributed by atoms with E-state index in [0.29, 0.717) is 6.04 Å². The molecule has 2 rings (SSSR count). The Bertz CT molecular complexity index is 363. The molecule has 1 aromatic rings. The van der Waals surface area contributed by atoms with Gasteiger partial charge >= 0.3 is 0 Å². The first kappa shape index (κ1) is 10.2. The van der Waals surface area contributed by atoms with E-state index in [4.69, 9.17) is 5.26 Å². The van der Waals surface area contributed by atoms with E-state index in [1.807, 2.05) is 17.8 Å². The van der Waals surface area contributed by atoms with Gasteiger partial charge in [-0.1, -0.05) is 6.42 Å². The molecular formula is C11H16N4. The fourth-order valence-electron chi connectivity index (χ4n) is 2.17. The van der Waals surface area contributed by atoms with Gasteiger partial charge < -0.3 is 5.32 Å². The molecule has 0 aromatic carbocycles. The molecule has 1 saturated carbocycles. The van der Waals surface area contributed by atoms with Gasteiger partial charge in [-0.2, -0.15) is 10.4 Å². The topological polar surface area (TPSA) is 53.6 Å².